The Labute approximate surface area is 176 Å². The Morgan fingerprint density at radius 2 is 1.93 bits per heavy atom. The van der Waals surface area contributed by atoms with E-state index in [1.54, 1.807) is 22.3 Å². The second-order valence-corrected chi connectivity index (χ2v) is 7.51. The Morgan fingerprint density at radius 1 is 1.29 bits per heavy atom. The second kappa shape index (κ2) is 9.58. The molecule has 4 amide bonds. The van der Waals surface area contributed by atoms with Crippen LogP contribution in [0, 0.1) is 5.92 Å². The molecular weight excluding hydrogens is 407 g/mol. The number of H-pyrrole nitrogens is 1. The number of hydrogen-bond acceptors (Lipinski definition) is 5. The predicted molar refractivity (Wildman–Crippen MR) is 108 cm³/mol. The monoisotopic (exact) mass is 434 g/mol. The van der Waals surface area contributed by atoms with Crippen LogP contribution in [0.3, 0.4) is 0 Å². The molecule has 9 nitrogen and oxygen atoms in total. The summed E-state index contributed by atoms with van der Waals surface area (Å²) in [6, 6.07) is -0.991. The second-order valence-electron chi connectivity index (χ2n) is 7.51. The molecular formula is C17H28Cl2N6O3. The van der Waals surface area contributed by atoms with Crippen molar-refractivity contribution in [1.29, 1.82) is 0 Å². The van der Waals surface area contributed by atoms with Crippen LogP contribution in [0.4, 0.5) is 4.79 Å². The minimum Gasteiger partial charge on any atom is -0.348 e. The maximum Gasteiger partial charge on any atom is 0.325 e. The Kier molecular flexibility index (Phi) is 8.28. The number of hydrogen-bond donors (Lipinski definition) is 3. The number of urea groups is 1. The molecule has 1 atom stereocenters. The lowest BCUT2D eigenvalue weighted by atomic mass is 9.85. The number of carbonyl (C=O) groups excluding carboxylic acids is 3. The molecule has 0 radical (unpaired) electrons. The first-order valence-electron chi connectivity index (χ1n) is 8.98. The van der Waals surface area contributed by atoms with Gasteiger partial charge in [-0.1, -0.05) is 13.8 Å². The van der Waals surface area contributed by atoms with Gasteiger partial charge in [0.25, 0.3) is 5.91 Å². The van der Waals surface area contributed by atoms with Gasteiger partial charge in [-0.05, 0) is 18.8 Å². The summed E-state index contributed by atoms with van der Waals surface area (Å²) in [5.41, 5.74) is 6.01. The lowest BCUT2D eigenvalue weighted by Crippen LogP contribution is -2.59. The number of carbonyl (C=O) groups is 3. The van der Waals surface area contributed by atoms with Crippen molar-refractivity contribution >= 4 is 42.7 Å². The van der Waals surface area contributed by atoms with Crippen molar-refractivity contribution in [3.63, 3.8) is 0 Å². The van der Waals surface area contributed by atoms with E-state index in [0.29, 0.717) is 38.9 Å². The van der Waals surface area contributed by atoms with Gasteiger partial charge in [0, 0.05) is 37.9 Å². The molecule has 0 aliphatic carbocycles. The summed E-state index contributed by atoms with van der Waals surface area (Å²) < 4.78 is 0. The maximum absolute atomic E-state index is 12.6. The molecule has 1 aromatic rings. The molecule has 28 heavy (non-hydrogen) atoms. The van der Waals surface area contributed by atoms with Crippen molar-refractivity contribution in [2.75, 3.05) is 19.6 Å². The third kappa shape index (κ3) is 4.59. The summed E-state index contributed by atoms with van der Waals surface area (Å²) in [5, 5.41) is 2.44. The molecule has 2 aliphatic heterocycles. The molecule has 1 aromatic heterocycles. The van der Waals surface area contributed by atoms with E-state index < -0.39 is 11.6 Å². The van der Waals surface area contributed by atoms with Crippen molar-refractivity contribution in [1.82, 2.24) is 25.1 Å². The van der Waals surface area contributed by atoms with Crippen molar-refractivity contribution in [2.24, 2.45) is 11.7 Å². The lowest BCUT2D eigenvalue weighted by molar-refractivity contribution is -0.139. The fraction of sp³-hybridized carbons (Fsp3) is 0.647. The van der Waals surface area contributed by atoms with Crippen LogP contribution in [-0.2, 0) is 16.0 Å². The van der Waals surface area contributed by atoms with Gasteiger partial charge in [0.15, 0.2) is 0 Å². The minimum absolute atomic E-state index is 0. The molecule has 11 heteroatoms. The largest absolute Gasteiger partial charge is 0.348 e. The first-order valence-corrected chi connectivity index (χ1v) is 8.98. The van der Waals surface area contributed by atoms with E-state index in [0.717, 1.165) is 5.69 Å². The van der Waals surface area contributed by atoms with E-state index in [2.05, 4.69) is 15.3 Å². The number of halogens is 2. The molecule has 158 valence electrons. The van der Waals surface area contributed by atoms with Crippen LogP contribution >= 0.6 is 24.8 Å². The number of amides is 4. The average Bonchev–Trinajstić information content (AvgIpc) is 3.18. The molecule has 0 saturated carbocycles. The molecule has 3 rings (SSSR count). The van der Waals surface area contributed by atoms with Crippen molar-refractivity contribution < 1.29 is 14.4 Å². The molecule has 2 aliphatic rings. The lowest BCUT2D eigenvalue weighted by Gasteiger charge is -2.43. The Balaban J connectivity index is 0.00000196. The van der Waals surface area contributed by atoms with Crippen molar-refractivity contribution in [2.45, 2.75) is 44.7 Å². The van der Waals surface area contributed by atoms with Crippen LogP contribution < -0.4 is 11.1 Å². The normalized spacial score (nSPS) is 19.3. The summed E-state index contributed by atoms with van der Waals surface area (Å²) >= 11 is 0. The third-order valence-electron chi connectivity index (χ3n) is 5.17. The first kappa shape index (κ1) is 24.2. The topological polar surface area (TPSA) is 124 Å². The first-order chi connectivity index (χ1) is 12.3. The summed E-state index contributed by atoms with van der Waals surface area (Å²) in [7, 11) is 0. The molecule has 2 fully saturated rings. The number of rotatable bonds is 5. The highest BCUT2D eigenvalue weighted by Crippen LogP contribution is 2.34. The van der Waals surface area contributed by atoms with Gasteiger partial charge in [-0.3, -0.25) is 14.9 Å². The summed E-state index contributed by atoms with van der Waals surface area (Å²) in [5.74, 6) is -0.141. The number of imidazole rings is 1. The number of aromatic amines is 1. The Morgan fingerprint density at radius 3 is 2.46 bits per heavy atom. The van der Waals surface area contributed by atoms with Crippen LogP contribution in [0.1, 0.15) is 32.4 Å². The van der Waals surface area contributed by atoms with Gasteiger partial charge in [0.2, 0.25) is 5.91 Å². The maximum atomic E-state index is 12.6. The number of nitrogens with one attached hydrogen (secondary N) is 2. The van der Waals surface area contributed by atoms with Crippen LogP contribution in [-0.4, -0.2) is 68.8 Å². The van der Waals surface area contributed by atoms with Gasteiger partial charge in [0.05, 0.1) is 12.4 Å². The number of piperidine rings is 1. The smallest absolute Gasteiger partial charge is 0.325 e. The van der Waals surface area contributed by atoms with Crippen LogP contribution in [0.25, 0.3) is 0 Å². The molecule has 4 N–H and O–H groups in total. The van der Waals surface area contributed by atoms with E-state index in [-0.39, 0.29) is 48.6 Å². The molecule has 0 bridgehead atoms. The molecule has 2 saturated heterocycles. The Hall–Kier alpha value is -1.84. The van der Waals surface area contributed by atoms with Crippen molar-refractivity contribution in [3.8, 4) is 0 Å². The number of likely N-dealkylation sites (tertiary alicyclic amines) is 1. The predicted octanol–water partition coefficient (Wildman–Crippen LogP) is 0.692. The zero-order valence-corrected chi connectivity index (χ0v) is 17.6. The zero-order chi connectivity index (χ0) is 18.9. The number of imide groups is 1. The standard InChI is InChI=1S/C17H26N6O3.2ClH/c1-11(2)9-23-16(26)21-15(25)17(23)3-5-22(6-4-17)14(24)13(18)7-12-8-19-10-20-12;;/h8,10-11,13H,3-7,9,18H2,1-2H3,(H,19,20)(H,21,25,26);2*1H/t13-;;/m0../s1. The van der Waals surface area contributed by atoms with Crippen LogP contribution in [0.5, 0.6) is 0 Å². The number of aromatic nitrogens is 2. The highest BCUT2D eigenvalue weighted by Gasteiger charge is 2.54. The van der Waals surface area contributed by atoms with E-state index in [1.165, 1.54) is 0 Å². The van der Waals surface area contributed by atoms with E-state index in [4.69, 9.17) is 5.73 Å². The van der Waals surface area contributed by atoms with E-state index in [9.17, 15) is 14.4 Å². The molecule has 0 unspecified atom stereocenters. The van der Waals surface area contributed by atoms with Crippen molar-refractivity contribution in [3.05, 3.63) is 18.2 Å². The fourth-order valence-corrected chi connectivity index (χ4v) is 3.77. The highest BCUT2D eigenvalue weighted by atomic mass is 35.5. The van der Waals surface area contributed by atoms with Crippen LogP contribution in [0.15, 0.2) is 12.5 Å². The van der Waals surface area contributed by atoms with E-state index >= 15 is 0 Å². The summed E-state index contributed by atoms with van der Waals surface area (Å²) in [6.45, 7) is 5.36. The summed E-state index contributed by atoms with van der Waals surface area (Å²) in [6.07, 6.45) is 4.45. The molecule has 0 aromatic carbocycles. The SMILES string of the molecule is CC(C)CN1C(=O)NC(=O)C12CCN(C(=O)[C@@H](N)Cc1cnc[nH]1)CC2.Cl.Cl. The third-order valence-corrected chi connectivity index (χ3v) is 5.17. The summed E-state index contributed by atoms with van der Waals surface area (Å²) in [4.78, 5) is 47.5. The van der Waals surface area contributed by atoms with Gasteiger partial charge < -0.3 is 20.5 Å². The van der Waals surface area contributed by atoms with Gasteiger partial charge in [-0.2, -0.15) is 0 Å². The van der Waals surface area contributed by atoms with Crippen LogP contribution in [0.2, 0.25) is 0 Å². The number of nitrogens with two attached hydrogens (primary N) is 1. The highest BCUT2D eigenvalue weighted by molar-refractivity contribution is 6.07. The molecule has 1 spiro atoms. The van der Waals surface area contributed by atoms with E-state index in [1.807, 2.05) is 13.8 Å². The van der Waals surface area contributed by atoms with Gasteiger partial charge in [0.1, 0.15) is 5.54 Å². The number of nitrogens with zero attached hydrogens (tertiary/aromatic N) is 3. The van der Waals surface area contributed by atoms with Gasteiger partial charge >= 0.3 is 6.03 Å². The van der Waals surface area contributed by atoms with Gasteiger partial charge in [-0.25, -0.2) is 9.78 Å². The minimum atomic E-state index is -0.842. The zero-order valence-electron chi connectivity index (χ0n) is 16.0. The molecule has 3 heterocycles. The quantitative estimate of drug-likeness (QED) is 0.587. The average molecular weight is 435 g/mol. The fourth-order valence-electron chi connectivity index (χ4n) is 3.77. The Bertz CT molecular complexity index is 689. The van der Waals surface area contributed by atoms with Gasteiger partial charge in [-0.15, -0.1) is 24.8 Å².